The number of aromatic nitrogens is 3. The van der Waals surface area contributed by atoms with Crippen molar-refractivity contribution in [1.29, 1.82) is 0 Å². The van der Waals surface area contributed by atoms with Crippen LogP contribution in [0.5, 0.6) is 0 Å². The average Bonchev–Trinajstić information content (AvgIpc) is 3.10. The van der Waals surface area contributed by atoms with Gasteiger partial charge in [-0.2, -0.15) is 5.10 Å². The summed E-state index contributed by atoms with van der Waals surface area (Å²) >= 11 is 5.67. The van der Waals surface area contributed by atoms with Gasteiger partial charge in [0.05, 0.1) is 12.4 Å². The Labute approximate surface area is 182 Å². The zero-order valence-electron chi connectivity index (χ0n) is 17.2. The summed E-state index contributed by atoms with van der Waals surface area (Å²) in [6.07, 6.45) is 5.30. The van der Waals surface area contributed by atoms with Gasteiger partial charge in [-0.1, -0.05) is 36.4 Å². The van der Waals surface area contributed by atoms with Crippen LogP contribution < -0.4 is 5.32 Å². The smallest absolute Gasteiger partial charge is 0.221 e. The van der Waals surface area contributed by atoms with Gasteiger partial charge in [0.1, 0.15) is 6.33 Å². The Hall–Kier alpha value is -2.77. The number of nitrogens with zero attached hydrogens (tertiary/aromatic N) is 4. The van der Waals surface area contributed by atoms with Gasteiger partial charge in [0, 0.05) is 25.7 Å². The van der Waals surface area contributed by atoms with Gasteiger partial charge in [-0.25, -0.2) is 4.68 Å². The number of anilines is 1. The lowest BCUT2D eigenvalue weighted by Gasteiger charge is -2.31. The molecule has 0 radical (unpaired) electrons. The number of hydrogen-bond donors (Lipinski definition) is 1. The van der Waals surface area contributed by atoms with Gasteiger partial charge >= 0.3 is 0 Å². The van der Waals surface area contributed by atoms with Crippen molar-refractivity contribution < 1.29 is 4.79 Å². The van der Waals surface area contributed by atoms with Crippen molar-refractivity contribution in [2.45, 2.75) is 32.9 Å². The fourth-order valence-corrected chi connectivity index (χ4v) is 4.27. The fourth-order valence-electron chi connectivity index (χ4n) is 4.02. The number of carbonyl (C=O) groups excluding carboxylic acids is 1. The van der Waals surface area contributed by atoms with Crippen LogP contribution in [0.4, 0.5) is 5.69 Å². The summed E-state index contributed by atoms with van der Waals surface area (Å²) in [7, 11) is 0. The molecular weight excluding hydrogens is 394 g/mol. The molecule has 0 aliphatic carbocycles. The van der Waals surface area contributed by atoms with Crippen LogP contribution in [0.1, 0.15) is 25.3 Å². The number of amides is 1. The highest BCUT2D eigenvalue weighted by atomic mass is 32.1. The molecule has 1 amide bonds. The molecule has 0 atom stereocenters. The van der Waals surface area contributed by atoms with E-state index in [2.05, 4.69) is 45.6 Å². The normalized spacial score (nSPS) is 15.2. The Balaban J connectivity index is 1.37. The molecule has 2 aromatic carbocycles. The summed E-state index contributed by atoms with van der Waals surface area (Å²) in [6.45, 7) is 4.32. The first kappa shape index (κ1) is 20.5. The number of rotatable bonds is 6. The van der Waals surface area contributed by atoms with E-state index in [1.807, 2.05) is 33.5 Å². The first-order valence-electron chi connectivity index (χ1n) is 10.4. The van der Waals surface area contributed by atoms with Gasteiger partial charge in [-0.15, -0.1) is 0 Å². The van der Waals surface area contributed by atoms with E-state index in [1.165, 1.54) is 25.3 Å². The van der Waals surface area contributed by atoms with Gasteiger partial charge < -0.3 is 5.32 Å². The van der Waals surface area contributed by atoms with Crippen molar-refractivity contribution in [3.63, 3.8) is 0 Å². The number of piperidine rings is 1. The second kappa shape index (κ2) is 9.36. The summed E-state index contributed by atoms with van der Waals surface area (Å²) in [5.41, 5.74) is 3.06. The topological polar surface area (TPSA) is 55.1 Å². The molecule has 1 aliphatic heterocycles. The minimum absolute atomic E-state index is 0.0953. The van der Waals surface area contributed by atoms with Gasteiger partial charge in [0.2, 0.25) is 10.7 Å². The van der Waals surface area contributed by atoms with Gasteiger partial charge in [0.25, 0.3) is 0 Å². The monoisotopic (exact) mass is 421 g/mol. The van der Waals surface area contributed by atoms with E-state index in [0.29, 0.717) is 11.4 Å². The first-order chi connectivity index (χ1) is 14.6. The van der Waals surface area contributed by atoms with Gasteiger partial charge in [-0.05, 0) is 61.2 Å². The van der Waals surface area contributed by atoms with Crippen molar-refractivity contribution in [1.82, 2.24) is 19.2 Å². The van der Waals surface area contributed by atoms with E-state index in [0.717, 1.165) is 36.8 Å². The van der Waals surface area contributed by atoms with Crippen LogP contribution in [0.2, 0.25) is 0 Å². The number of carbonyl (C=O) groups is 1. The quantitative estimate of drug-likeness (QED) is 0.604. The zero-order chi connectivity index (χ0) is 20.9. The van der Waals surface area contributed by atoms with E-state index in [9.17, 15) is 4.79 Å². The molecule has 0 bridgehead atoms. The summed E-state index contributed by atoms with van der Waals surface area (Å²) in [5, 5.41) is 7.32. The highest BCUT2D eigenvalue weighted by Gasteiger charge is 2.20. The predicted octanol–water partition coefficient (Wildman–Crippen LogP) is 4.27. The highest BCUT2D eigenvalue weighted by Crippen LogP contribution is 2.22. The molecule has 1 N–H and O–H groups in total. The predicted molar refractivity (Wildman–Crippen MR) is 121 cm³/mol. The van der Waals surface area contributed by atoms with Crippen LogP contribution in [0.15, 0.2) is 60.9 Å². The minimum Gasteiger partial charge on any atom is -0.326 e. The van der Waals surface area contributed by atoms with Gasteiger partial charge in [-0.3, -0.25) is 14.3 Å². The van der Waals surface area contributed by atoms with Crippen LogP contribution in [0, 0.1) is 10.7 Å². The van der Waals surface area contributed by atoms with E-state index < -0.39 is 0 Å². The Kier molecular flexibility index (Phi) is 6.40. The molecule has 2 heterocycles. The van der Waals surface area contributed by atoms with Crippen LogP contribution in [0.25, 0.3) is 5.69 Å². The van der Waals surface area contributed by atoms with Crippen molar-refractivity contribution in [2.24, 2.45) is 5.92 Å². The Morgan fingerprint density at radius 1 is 1.13 bits per heavy atom. The Morgan fingerprint density at radius 2 is 1.90 bits per heavy atom. The second-order valence-corrected chi connectivity index (χ2v) is 8.27. The lowest BCUT2D eigenvalue weighted by molar-refractivity contribution is -0.114. The Morgan fingerprint density at radius 3 is 2.63 bits per heavy atom. The largest absolute Gasteiger partial charge is 0.326 e. The van der Waals surface area contributed by atoms with Crippen LogP contribution in [-0.2, 0) is 17.9 Å². The molecule has 1 fully saturated rings. The van der Waals surface area contributed by atoms with Crippen molar-refractivity contribution in [3.05, 3.63) is 71.3 Å². The van der Waals surface area contributed by atoms with E-state index in [4.69, 9.17) is 12.2 Å². The maximum Gasteiger partial charge on any atom is 0.221 e. The molecule has 30 heavy (non-hydrogen) atoms. The molecule has 0 unspecified atom stereocenters. The summed E-state index contributed by atoms with van der Waals surface area (Å²) in [5.74, 6) is 0.646. The van der Waals surface area contributed by atoms with Crippen LogP contribution in [-0.4, -0.2) is 38.2 Å². The fraction of sp³-hybridized carbons (Fsp3) is 0.348. The third-order valence-corrected chi connectivity index (χ3v) is 5.99. The molecule has 1 aromatic heterocycles. The zero-order valence-corrected chi connectivity index (χ0v) is 18.0. The maximum atomic E-state index is 11.3. The molecular formula is C23H27N5OS. The molecule has 3 aromatic rings. The molecule has 1 aliphatic rings. The minimum atomic E-state index is -0.0953. The summed E-state index contributed by atoms with van der Waals surface area (Å²) in [6, 6.07) is 18.4. The molecule has 7 heteroatoms. The Bertz CT molecular complexity index is 1050. The number of nitrogens with one attached hydrogen (secondary N) is 1. The number of benzene rings is 2. The van der Waals surface area contributed by atoms with Crippen molar-refractivity contribution in [2.75, 3.05) is 18.4 Å². The van der Waals surface area contributed by atoms with Crippen molar-refractivity contribution in [3.8, 4) is 5.69 Å². The SMILES string of the molecule is CC(=O)Nc1cccc(-n2cnn(CN3CCC(Cc4ccccc4)CC3)c2=S)c1. The lowest BCUT2D eigenvalue weighted by atomic mass is 9.90. The molecule has 4 rings (SSSR count). The molecule has 156 valence electrons. The maximum absolute atomic E-state index is 11.3. The second-order valence-electron chi connectivity index (χ2n) is 7.91. The molecule has 1 saturated heterocycles. The highest BCUT2D eigenvalue weighted by molar-refractivity contribution is 7.71. The standard InChI is InChI=1S/C23H27N5OS/c1-18(29)25-21-8-5-9-22(15-21)27-16-24-28(23(27)30)17-26-12-10-20(11-13-26)14-19-6-3-2-4-7-19/h2-9,15-16,20H,10-14,17H2,1H3,(H,25,29). The lowest BCUT2D eigenvalue weighted by Crippen LogP contribution is -2.36. The summed E-state index contributed by atoms with van der Waals surface area (Å²) < 4.78 is 4.40. The number of hydrogen-bond acceptors (Lipinski definition) is 4. The van der Waals surface area contributed by atoms with Crippen LogP contribution in [0.3, 0.4) is 0 Å². The van der Waals surface area contributed by atoms with Crippen molar-refractivity contribution >= 4 is 23.8 Å². The van der Waals surface area contributed by atoms with E-state index >= 15 is 0 Å². The molecule has 0 saturated carbocycles. The molecule has 6 nitrogen and oxygen atoms in total. The summed E-state index contributed by atoms with van der Waals surface area (Å²) in [4.78, 5) is 13.7. The third-order valence-electron chi connectivity index (χ3n) is 5.59. The van der Waals surface area contributed by atoms with E-state index in [1.54, 1.807) is 6.33 Å². The van der Waals surface area contributed by atoms with Gasteiger partial charge in [0.15, 0.2) is 0 Å². The molecule has 0 spiro atoms. The first-order valence-corrected chi connectivity index (χ1v) is 10.8. The third kappa shape index (κ3) is 5.04. The number of likely N-dealkylation sites (tertiary alicyclic amines) is 1. The van der Waals surface area contributed by atoms with Crippen LogP contribution >= 0.6 is 12.2 Å². The van der Waals surface area contributed by atoms with E-state index in [-0.39, 0.29) is 5.91 Å². The average molecular weight is 422 g/mol.